The van der Waals surface area contributed by atoms with Gasteiger partial charge in [-0.05, 0) is 58.9 Å². The molecule has 0 saturated heterocycles. The number of aryl methyl sites for hydroxylation is 1. The second-order valence-corrected chi connectivity index (χ2v) is 14.3. The van der Waals surface area contributed by atoms with E-state index in [0.29, 0.717) is 10.6 Å². The molecule has 3 nitrogen and oxygen atoms in total. The molecule has 0 aliphatic rings. The van der Waals surface area contributed by atoms with Crippen LogP contribution in [0.15, 0.2) is 45.6 Å². The first-order valence-corrected chi connectivity index (χ1v) is 13.7. The molecule has 1 atom stereocenters. The molecular formula is C22H34BrNO2Si. The zero-order valence-electron chi connectivity index (χ0n) is 17.4. The van der Waals surface area contributed by atoms with Gasteiger partial charge in [-0.3, -0.25) is 0 Å². The minimum Gasteiger partial charge on any atom is -0.431 e. The van der Waals surface area contributed by atoms with Crippen molar-refractivity contribution in [2.75, 3.05) is 0 Å². The van der Waals surface area contributed by atoms with Gasteiger partial charge in [0.15, 0.2) is 13.0 Å². The Kier molecular flexibility index (Phi) is 8.32. The van der Waals surface area contributed by atoms with Crippen LogP contribution in [-0.2, 0) is 10.8 Å². The molecule has 5 heteroatoms. The summed E-state index contributed by atoms with van der Waals surface area (Å²) in [5, 5.41) is 0.171. The number of halogens is 1. The van der Waals surface area contributed by atoms with Crippen LogP contribution in [0.25, 0.3) is 0 Å². The average molecular weight is 453 g/mol. The van der Waals surface area contributed by atoms with Crippen LogP contribution in [-0.4, -0.2) is 13.3 Å². The lowest BCUT2D eigenvalue weighted by Crippen LogP contribution is -2.41. The van der Waals surface area contributed by atoms with Gasteiger partial charge < -0.3 is 8.84 Å². The van der Waals surface area contributed by atoms with Gasteiger partial charge in [0.1, 0.15) is 6.10 Å². The molecule has 0 aliphatic carbocycles. The van der Waals surface area contributed by atoms with E-state index in [1.165, 1.54) is 24.8 Å². The van der Waals surface area contributed by atoms with Crippen molar-refractivity contribution in [3.63, 3.8) is 0 Å². The van der Waals surface area contributed by atoms with Gasteiger partial charge in [-0.1, -0.05) is 70.4 Å². The summed E-state index contributed by atoms with van der Waals surface area (Å²) in [7, 11) is -1.88. The van der Waals surface area contributed by atoms with Gasteiger partial charge in [0.05, 0.1) is 6.20 Å². The van der Waals surface area contributed by atoms with E-state index in [9.17, 15) is 0 Å². The van der Waals surface area contributed by atoms with E-state index in [2.05, 4.69) is 85.1 Å². The van der Waals surface area contributed by atoms with Gasteiger partial charge in [-0.25, -0.2) is 4.98 Å². The lowest BCUT2D eigenvalue weighted by atomic mass is 10.0. The average Bonchev–Trinajstić information content (AvgIpc) is 3.03. The Morgan fingerprint density at radius 2 is 1.74 bits per heavy atom. The molecule has 0 fully saturated rings. The molecule has 2 aromatic rings. The lowest BCUT2D eigenvalue weighted by Gasteiger charge is -2.38. The number of rotatable bonds is 10. The molecule has 0 amide bonds. The molecule has 0 spiro atoms. The van der Waals surface area contributed by atoms with Crippen LogP contribution in [0, 0.1) is 0 Å². The minimum absolute atomic E-state index is 0.0497. The van der Waals surface area contributed by atoms with Gasteiger partial charge in [0.25, 0.3) is 0 Å². The maximum absolute atomic E-state index is 6.64. The van der Waals surface area contributed by atoms with E-state index < -0.39 is 8.32 Å². The summed E-state index contributed by atoms with van der Waals surface area (Å²) in [5.74, 6) is 0.705. The SMILES string of the molecule is CC(C)(C)[Si](C)(C)OC(CCCCCCc1ccccc1)c1ncc(Br)o1. The molecular weight excluding hydrogens is 418 g/mol. The van der Waals surface area contributed by atoms with Crippen molar-refractivity contribution in [3.8, 4) is 0 Å². The maximum Gasteiger partial charge on any atom is 0.223 e. The first-order valence-electron chi connectivity index (χ1n) is 10.0. The van der Waals surface area contributed by atoms with Crippen LogP contribution in [0.1, 0.15) is 70.4 Å². The van der Waals surface area contributed by atoms with E-state index in [4.69, 9.17) is 8.84 Å². The highest BCUT2D eigenvalue weighted by molar-refractivity contribution is 9.10. The van der Waals surface area contributed by atoms with Crippen LogP contribution in [0.5, 0.6) is 0 Å². The molecule has 1 heterocycles. The van der Waals surface area contributed by atoms with Crippen LogP contribution in [0.3, 0.4) is 0 Å². The molecule has 0 aliphatic heterocycles. The highest BCUT2D eigenvalue weighted by Gasteiger charge is 2.40. The number of oxazole rings is 1. The van der Waals surface area contributed by atoms with Crippen molar-refractivity contribution >= 4 is 24.2 Å². The number of hydrogen-bond donors (Lipinski definition) is 0. The summed E-state index contributed by atoms with van der Waals surface area (Å²) in [6, 6.07) is 10.7. The van der Waals surface area contributed by atoms with E-state index in [1.807, 2.05) is 0 Å². The molecule has 0 radical (unpaired) electrons. The molecule has 1 aromatic heterocycles. The molecule has 2 rings (SSSR count). The van der Waals surface area contributed by atoms with Gasteiger partial charge in [-0.2, -0.15) is 0 Å². The van der Waals surface area contributed by atoms with Crippen molar-refractivity contribution in [2.24, 2.45) is 0 Å². The summed E-state index contributed by atoms with van der Waals surface area (Å²) in [6.45, 7) is 11.4. The Morgan fingerprint density at radius 1 is 1.07 bits per heavy atom. The highest BCUT2D eigenvalue weighted by atomic mass is 79.9. The molecule has 27 heavy (non-hydrogen) atoms. The van der Waals surface area contributed by atoms with Gasteiger partial charge in [-0.15, -0.1) is 0 Å². The summed E-state index contributed by atoms with van der Waals surface area (Å²) in [5.41, 5.74) is 1.43. The third-order valence-corrected chi connectivity index (χ3v) is 10.4. The van der Waals surface area contributed by atoms with E-state index in [1.54, 1.807) is 6.20 Å². The second kappa shape index (κ2) is 10.0. The number of unbranched alkanes of at least 4 members (excludes halogenated alkanes) is 3. The molecule has 0 saturated carbocycles. The van der Waals surface area contributed by atoms with Gasteiger partial charge >= 0.3 is 0 Å². The maximum atomic E-state index is 6.64. The minimum atomic E-state index is -1.88. The monoisotopic (exact) mass is 451 g/mol. The second-order valence-electron chi connectivity index (χ2n) is 8.81. The van der Waals surface area contributed by atoms with Crippen molar-refractivity contribution < 1.29 is 8.84 Å². The fourth-order valence-electron chi connectivity index (χ4n) is 2.84. The Balaban J connectivity index is 1.83. The normalized spacial score (nSPS) is 13.7. The summed E-state index contributed by atoms with van der Waals surface area (Å²) >= 11 is 3.37. The lowest BCUT2D eigenvalue weighted by molar-refractivity contribution is 0.137. The molecule has 0 N–H and O–H groups in total. The van der Waals surface area contributed by atoms with E-state index >= 15 is 0 Å². The predicted molar refractivity (Wildman–Crippen MR) is 118 cm³/mol. The van der Waals surface area contributed by atoms with Crippen molar-refractivity contribution in [1.29, 1.82) is 0 Å². The van der Waals surface area contributed by atoms with E-state index in [-0.39, 0.29) is 11.1 Å². The number of nitrogens with zero attached hydrogens (tertiary/aromatic N) is 1. The Labute approximate surface area is 174 Å². The zero-order valence-corrected chi connectivity index (χ0v) is 20.0. The summed E-state index contributed by atoms with van der Waals surface area (Å²) < 4.78 is 13.1. The topological polar surface area (TPSA) is 35.3 Å². The van der Waals surface area contributed by atoms with Gasteiger partial charge in [0, 0.05) is 0 Å². The van der Waals surface area contributed by atoms with Crippen LogP contribution < -0.4 is 0 Å². The van der Waals surface area contributed by atoms with Crippen LogP contribution in [0.4, 0.5) is 0 Å². The van der Waals surface area contributed by atoms with Crippen molar-refractivity contribution in [2.45, 2.75) is 83.5 Å². The van der Waals surface area contributed by atoms with Gasteiger partial charge in [0.2, 0.25) is 5.89 Å². The van der Waals surface area contributed by atoms with Crippen molar-refractivity contribution in [1.82, 2.24) is 4.98 Å². The van der Waals surface area contributed by atoms with Crippen LogP contribution in [0.2, 0.25) is 18.1 Å². The highest BCUT2D eigenvalue weighted by Crippen LogP contribution is 2.41. The Morgan fingerprint density at radius 3 is 2.33 bits per heavy atom. The quantitative estimate of drug-likeness (QED) is 0.274. The Hall–Kier alpha value is -0.913. The molecule has 150 valence electrons. The Bertz CT molecular complexity index is 679. The number of benzene rings is 1. The largest absolute Gasteiger partial charge is 0.431 e. The molecule has 0 bridgehead atoms. The molecule has 1 aromatic carbocycles. The predicted octanol–water partition coefficient (Wildman–Crippen LogP) is 7.69. The van der Waals surface area contributed by atoms with Crippen LogP contribution >= 0.6 is 15.9 Å². The molecule has 1 unspecified atom stereocenters. The third-order valence-electron chi connectivity index (χ3n) is 5.54. The summed E-state index contributed by atoms with van der Waals surface area (Å²) in [6.07, 6.45) is 8.63. The number of aromatic nitrogens is 1. The fourth-order valence-corrected chi connectivity index (χ4v) is 4.39. The number of hydrogen-bond acceptors (Lipinski definition) is 3. The van der Waals surface area contributed by atoms with E-state index in [0.717, 1.165) is 19.3 Å². The standard InChI is InChI=1S/C22H34BrNO2Si/c1-22(2,3)27(4,5)26-19(21-24-17-20(23)25-21)16-12-7-6-9-13-18-14-10-8-11-15-18/h8,10-11,14-15,17,19H,6-7,9,12-13,16H2,1-5H3. The smallest absolute Gasteiger partial charge is 0.223 e. The van der Waals surface area contributed by atoms with Crippen molar-refractivity contribution in [3.05, 3.63) is 52.7 Å². The zero-order chi connectivity index (χ0) is 19.9. The fraction of sp³-hybridized carbons (Fsp3) is 0.591. The first kappa shape index (κ1) is 22.4. The summed E-state index contributed by atoms with van der Waals surface area (Å²) in [4.78, 5) is 4.42. The third kappa shape index (κ3) is 7.20. The first-order chi connectivity index (χ1) is 12.7.